The molecule has 1 aromatic carbocycles. The van der Waals surface area contributed by atoms with Crippen molar-refractivity contribution in [2.75, 3.05) is 7.11 Å². The van der Waals surface area contributed by atoms with E-state index in [1.54, 1.807) is 31.2 Å². The number of carbonyl (C=O) groups is 2. The van der Waals surface area contributed by atoms with Gasteiger partial charge in [-0.2, -0.15) is 0 Å². The largest absolute Gasteiger partial charge is 0.489 e. The maximum Gasteiger partial charge on any atom is 0.320 e. The van der Waals surface area contributed by atoms with Crippen molar-refractivity contribution in [1.82, 2.24) is 0 Å². The van der Waals surface area contributed by atoms with Crippen molar-refractivity contribution in [1.29, 1.82) is 0 Å². The molecule has 4 nitrogen and oxygen atoms in total. The Bertz CT molecular complexity index is 438. The lowest BCUT2D eigenvalue weighted by molar-refractivity contribution is -0.146. The van der Waals surface area contributed by atoms with Crippen LogP contribution in [0, 0.1) is 5.92 Å². The van der Waals surface area contributed by atoms with Gasteiger partial charge >= 0.3 is 5.97 Å². The van der Waals surface area contributed by atoms with Crippen molar-refractivity contribution in [3.05, 3.63) is 29.8 Å². The second kappa shape index (κ2) is 3.96. The first kappa shape index (κ1) is 10.7. The van der Waals surface area contributed by atoms with E-state index in [-0.39, 0.29) is 5.78 Å². The number of fused-ring (bicyclic) bond motifs is 1. The lowest BCUT2D eigenvalue weighted by Crippen LogP contribution is -2.41. The molecule has 0 fully saturated rings. The van der Waals surface area contributed by atoms with Crippen molar-refractivity contribution < 1.29 is 19.1 Å². The Hall–Kier alpha value is -1.84. The summed E-state index contributed by atoms with van der Waals surface area (Å²) in [4.78, 5) is 23.5. The van der Waals surface area contributed by atoms with Crippen LogP contribution in [-0.2, 0) is 9.53 Å². The van der Waals surface area contributed by atoms with E-state index in [0.717, 1.165) is 0 Å². The van der Waals surface area contributed by atoms with E-state index in [1.165, 1.54) is 7.11 Å². The number of ether oxygens (including phenoxy) is 2. The predicted molar refractivity (Wildman–Crippen MR) is 56.4 cm³/mol. The molecule has 1 aromatic rings. The van der Waals surface area contributed by atoms with E-state index >= 15 is 0 Å². The number of rotatable bonds is 1. The van der Waals surface area contributed by atoms with Gasteiger partial charge in [0.15, 0.2) is 11.7 Å². The fraction of sp³-hybridized carbons (Fsp3) is 0.333. The Morgan fingerprint density at radius 3 is 2.75 bits per heavy atom. The van der Waals surface area contributed by atoms with Crippen LogP contribution in [0.5, 0.6) is 5.75 Å². The van der Waals surface area contributed by atoms with E-state index in [4.69, 9.17) is 4.74 Å². The highest BCUT2D eigenvalue weighted by atomic mass is 16.5. The summed E-state index contributed by atoms with van der Waals surface area (Å²) in [6, 6.07) is 6.90. The third kappa shape index (κ3) is 1.56. The van der Waals surface area contributed by atoms with E-state index in [1.807, 2.05) is 0 Å². The van der Waals surface area contributed by atoms with Crippen molar-refractivity contribution in [3.63, 3.8) is 0 Å². The number of hydrogen-bond acceptors (Lipinski definition) is 4. The molecule has 0 aromatic heterocycles. The van der Waals surface area contributed by atoms with Gasteiger partial charge in [-0.3, -0.25) is 9.59 Å². The van der Waals surface area contributed by atoms with Gasteiger partial charge in [0.1, 0.15) is 11.9 Å². The second-order valence-electron chi connectivity index (χ2n) is 3.68. The summed E-state index contributed by atoms with van der Waals surface area (Å²) in [5.74, 6) is -1.12. The highest BCUT2D eigenvalue weighted by Crippen LogP contribution is 2.30. The summed E-state index contributed by atoms with van der Waals surface area (Å²) >= 11 is 0. The lowest BCUT2D eigenvalue weighted by Gasteiger charge is -2.28. The smallest absolute Gasteiger partial charge is 0.320 e. The monoisotopic (exact) mass is 220 g/mol. The molecule has 2 rings (SSSR count). The SMILES string of the molecule is COC(=O)C1C(=O)c2ccccc2OC1C. The predicted octanol–water partition coefficient (Wildman–Crippen LogP) is 1.44. The minimum atomic E-state index is -0.861. The van der Waals surface area contributed by atoms with Crippen LogP contribution in [0.3, 0.4) is 0 Å². The van der Waals surface area contributed by atoms with Crippen LogP contribution in [-0.4, -0.2) is 25.0 Å². The zero-order chi connectivity index (χ0) is 11.7. The van der Waals surface area contributed by atoms with Crippen LogP contribution < -0.4 is 4.74 Å². The molecule has 84 valence electrons. The Morgan fingerprint density at radius 2 is 2.06 bits per heavy atom. The normalized spacial score (nSPS) is 23.2. The number of methoxy groups -OCH3 is 1. The maximum atomic E-state index is 12.0. The molecule has 0 bridgehead atoms. The molecule has 0 saturated carbocycles. The Kier molecular flexibility index (Phi) is 2.64. The van der Waals surface area contributed by atoms with Crippen LogP contribution in [0.4, 0.5) is 0 Å². The molecule has 0 radical (unpaired) electrons. The summed E-state index contributed by atoms with van der Waals surface area (Å²) in [7, 11) is 1.27. The topological polar surface area (TPSA) is 52.6 Å². The number of ketones is 1. The van der Waals surface area contributed by atoms with Gasteiger partial charge in [0.05, 0.1) is 12.7 Å². The molecule has 0 aliphatic carbocycles. The van der Waals surface area contributed by atoms with E-state index in [0.29, 0.717) is 11.3 Å². The summed E-state index contributed by atoms with van der Waals surface area (Å²) in [6.07, 6.45) is -0.491. The molecule has 16 heavy (non-hydrogen) atoms. The van der Waals surface area contributed by atoms with Gasteiger partial charge in [0.25, 0.3) is 0 Å². The van der Waals surface area contributed by atoms with Crippen LogP contribution in [0.2, 0.25) is 0 Å². The van der Waals surface area contributed by atoms with Crippen LogP contribution in [0.15, 0.2) is 24.3 Å². The van der Waals surface area contributed by atoms with Crippen molar-refractivity contribution in [2.24, 2.45) is 5.92 Å². The summed E-state index contributed by atoms with van der Waals surface area (Å²) in [5, 5.41) is 0. The first-order valence-corrected chi connectivity index (χ1v) is 5.03. The van der Waals surface area contributed by atoms with Crippen LogP contribution in [0.1, 0.15) is 17.3 Å². The molecule has 0 amide bonds. The van der Waals surface area contributed by atoms with Gasteiger partial charge in [0.2, 0.25) is 0 Å². The first-order valence-electron chi connectivity index (χ1n) is 5.03. The maximum absolute atomic E-state index is 12.0. The Labute approximate surface area is 93.2 Å². The lowest BCUT2D eigenvalue weighted by atomic mass is 9.90. The molecule has 0 spiro atoms. The molecule has 0 N–H and O–H groups in total. The molecular weight excluding hydrogens is 208 g/mol. The molecule has 0 saturated heterocycles. The molecule has 1 aliphatic rings. The van der Waals surface area contributed by atoms with E-state index in [9.17, 15) is 9.59 Å². The van der Waals surface area contributed by atoms with Gasteiger partial charge in [0, 0.05) is 0 Å². The number of benzene rings is 1. The average molecular weight is 220 g/mol. The van der Waals surface area contributed by atoms with Gasteiger partial charge < -0.3 is 9.47 Å². The quantitative estimate of drug-likeness (QED) is 0.531. The van der Waals surface area contributed by atoms with Gasteiger partial charge in [-0.25, -0.2) is 0 Å². The van der Waals surface area contributed by atoms with Crippen molar-refractivity contribution in [2.45, 2.75) is 13.0 Å². The fourth-order valence-electron chi connectivity index (χ4n) is 1.85. The van der Waals surface area contributed by atoms with E-state index in [2.05, 4.69) is 4.74 Å². The zero-order valence-electron chi connectivity index (χ0n) is 9.10. The van der Waals surface area contributed by atoms with Gasteiger partial charge in [-0.1, -0.05) is 12.1 Å². The van der Waals surface area contributed by atoms with Crippen molar-refractivity contribution >= 4 is 11.8 Å². The second-order valence-corrected chi connectivity index (χ2v) is 3.68. The molecule has 1 aliphatic heterocycles. The van der Waals surface area contributed by atoms with E-state index < -0.39 is 18.0 Å². The number of esters is 1. The summed E-state index contributed by atoms with van der Waals surface area (Å²) < 4.78 is 10.1. The van der Waals surface area contributed by atoms with Crippen LogP contribution >= 0.6 is 0 Å². The number of para-hydroxylation sites is 1. The Balaban J connectivity index is 2.42. The Morgan fingerprint density at radius 1 is 1.38 bits per heavy atom. The first-order chi connectivity index (χ1) is 7.65. The average Bonchev–Trinajstić information content (AvgIpc) is 2.28. The van der Waals surface area contributed by atoms with Gasteiger partial charge in [-0.05, 0) is 19.1 Å². The zero-order valence-corrected chi connectivity index (χ0v) is 9.10. The molecule has 1 heterocycles. The third-order valence-electron chi connectivity index (χ3n) is 2.67. The number of Topliss-reactive ketones (excluding diaryl/α,β-unsaturated/α-hetero) is 1. The standard InChI is InChI=1S/C12H12O4/c1-7-10(12(14)15-2)11(13)8-5-3-4-6-9(8)16-7/h3-7,10H,1-2H3. The fourth-order valence-corrected chi connectivity index (χ4v) is 1.85. The molecule has 4 heteroatoms. The summed E-state index contributed by atoms with van der Waals surface area (Å²) in [5.41, 5.74) is 0.441. The molecular formula is C12H12O4. The minimum Gasteiger partial charge on any atom is -0.489 e. The van der Waals surface area contributed by atoms with Gasteiger partial charge in [-0.15, -0.1) is 0 Å². The summed E-state index contributed by atoms with van der Waals surface area (Å²) in [6.45, 7) is 1.69. The minimum absolute atomic E-state index is 0.235. The van der Waals surface area contributed by atoms with Crippen molar-refractivity contribution in [3.8, 4) is 5.75 Å². The third-order valence-corrected chi connectivity index (χ3v) is 2.67. The van der Waals surface area contributed by atoms with Crippen LogP contribution in [0.25, 0.3) is 0 Å². The number of carbonyl (C=O) groups excluding carboxylic acids is 2. The number of hydrogen-bond donors (Lipinski definition) is 0. The molecule has 2 atom stereocenters. The molecule has 2 unspecified atom stereocenters. The highest BCUT2D eigenvalue weighted by molar-refractivity contribution is 6.11. The highest BCUT2D eigenvalue weighted by Gasteiger charge is 2.40.